The quantitative estimate of drug-likeness (QED) is 0.520. The number of thioether (sulfide) groups is 1. The Labute approximate surface area is 96.7 Å². The molecule has 14 heavy (non-hydrogen) atoms. The maximum absolute atomic E-state index is 5.73. The zero-order valence-corrected chi connectivity index (χ0v) is 11.3. The molecule has 4 heteroatoms. The second-order valence-electron chi connectivity index (χ2n) is 3.65. The number of hydrogen-bond donors (Lipinski definition) is 0. The van der Waals surface area contributed by atoms with Gasteiger partial charge in [-0.05, 0) is 34.0 Å². The number of hydrogen-bond acceptors (Lipinski definition) is 4. The second kappa shape index (κ2) is 6.77. The van der Waals surface area contributed by atoms with Crippen LogP contribution < -0.4 is 0 Å². The van der Waals surface area contributed by atoms with Crippen LogP contribution in [0.25, 0.3) is 0 Å². The van der Waals surface area contributed by atoms with Crippen LogP contribution in [0.4, 0.5) is 0 Å². The summed E-state index contributed by atoms with van der Waals surface area (Å²) in [6.45, 7) is 8.60. The van der Waals surface area contributed by atoms with E-state index in [0.29, 0.717) is 6.61 Å². The maximum Gasteiger partial charge on any atom is 0.155 e. The van der Waals surface area contributed by atoms with Crippen LogP contribution in [0.3, 0.4) is 0 Å². The van der Waals surface area contributed by atoms with Gasteiger partial charge in [0.05, 0.1) is 9.80 Å². The molecule has 0 N–H and O–H groups in total. The van der Waals surface area contributed by atoms with Crippen LogP contribution >= 0.6 is 24.0 Å². The molecule has 0 amide bonds. The Morgan fingerprint density at radius 1 is 1.50 bits per heavy atom. The number of ether oxygens (including phenoxy) is 2. The van der Waals surface area contributed by atoms with Gasteiger partial charge in [-0.25, -0.2) is 0 Å². The molecule has 0 spiro atoms. The fourth-order valence-electron chi connectivity index (χ4n) is 1.18. The Kier molecular flexibility index (Phi) is 6.95. The highest BCUT2D eigenvalue weighted by Crippen LogP contribution is 2.21. The lowest BCUT2D eigenvalue weighted by atomic mass is 10.1. The minimum Gasteiger partial charge on any atom is -0.353 e. The van der Waals surface area contributed by atoms with Crippen molar-refractivity contribution in [2.24, 2.45) is 0 Å². The summed E-state index contributed by atoms with van der Waals surface area (Å²) >= 11 is 6.77. The lowest BCUT2D eigenvalue weighted by Gasteiger charge is -2.28. The van der Waals surface area contributed by atoms with Crippen LogP contribution in [0.5, 0.6) is 0 Å². The van der Waals surface area contributed by atoms with E-state index in [0.717, 1.165) is 10.6 Å². The third-order valence-corrected chi connectivity index (χ3v) is 2.93. The smallest absolute Gasteiger partial charge is 0.155 e. The first kappa shape index (κ1) is 14.4. The minimum absolute atomic E-state index is 0.167. The molecule has 0 saturated carbocycles. The molecule has 0 radical (unpaired) electrons. The standard InChI is InChI=1S/C10H20O2S2/c1-6-11-8(2)12-10(3,4)7-9(13)14-5/h8H,6-7H2,1-5H3. The molecule has 0 fully saturated rings. The van der Waals surface area contributed by atoms with E-state index in [1.807, 2.05) is 34.0 Å². The summed E-state index contributed by atoms with van der Waals surface area (Å²) in [6, 6.07) is 0. The van der Waals surface area contributed by atoms with Gasteiger partial charge in [0.25, 0.3) is 0 Å². The van der Waals surface area contributed by atoms with Crippen LogP contribution in [0.2, 0.25) is 0 Å². The zero-order chi connectivity index (χ0) is 11.2. The van der Waals surface area contributed by atoms with E-state index in [9.17, 15) is 0 Å². The highest BCUT2D eigenvalue weighted by molar-refractivity contribution is 8.22. The van der Waals surface area contributed by atoms with Gasteiger partial charge in [0.2, 0.25) is 0 Å². The lowest BCUT2D eigenvalue weighted by molar-refractivity contribution is -0.185. The van der Waals surface area contributed by atoms with Crippen LogP contribution in [0, 0.1) is 0 Å². The molecule has 0 bridgehead atoms. The highest BCUT2D eigenvalue weighted by Gasteiger charge is 2.23. The van der Waals surface area contributed by atoms with E-state index in [2.05, 4.69) is 0 Å². The fourth-order valence-corrected chi connectivity index (χ4v) is 2.02. The van der Waals surface area contributed by atoms with Crippen LogP contribution in [-0.4, -0.2) is 29.0 Å². The summed E-state index contributed by atoms with van der Waals surface area (Å²) in [6.07, 6.45) is 2.60. The van der Waals surface area contributed by atoms with Crippen LogP contribution in [0.1, 0.15) is 34.1 Å². The summed E-state index contributed by atoms with van der Waals surface area (Å²) in [5.74, 6) is 0. The van der Waals surface area contributed by atoms with Gasteiger partial charge in [-0.2, -0.15) is 0 Å². The monoisotopic (exact) mass is 236 g/mol. The first-order valence-electron chi connectivity index (χ1n) is 4.77. The van der Waals surface area contributed by atoms with Gasteiger partial charge in [0.1, 0.15) is 0 Å². The molecule has 0 aromatic carbocycles. The molecule has 0 rings (SSSR count). The van der Waals surface area contributed by atoms with Crippen molar-refractivity contribution in [2.75, 3.05) is 12.9 Å². The van der Waals surface area contributed by atoms with E-state index >= 15 is 0 Å². The molecule has 0 aliphatic heterocycles. The molecule has 1 atom stereocenters. The molecule has 0 aromatic rings. The van der Waals surface area contributed by atoms with Gasteiger partial charge in [-0.15, -0.1) is 11.8 Å². The van der Waals surface area contributed by atoms with Gasteiger partial charge in [-0.3, -0.25) is 0 Å². The Morgan fingerprint density at radius 3 is 2.50 bits per heavy atom. The maximum atomic E-state index is 5.73. The molecule has 2 nitrogen and oxygen atoms in total. The topological polar surface area (TPSA) is 18.5 Å². The predicted octanol–water partition coefficient (Wildman–Crippen LogP) is 3.24. The summed E-state index contributed by atoms with van der Waals surface area (Å²) in [4.78, 5) is 0. The van der Waals surface area contributed by atoms with Gasteiger partial charge >= 0.3 is 0 Å². The van der Waals surface area contributed by atoms with E-state index in [1.54, 1.807) is 11.8 Å². The van der Waals surface area contributed by atoms with Crippen LogP contribution in [0.15, 0.2) is 0 Å². The molecular weight excluding hydrogens is 216 g/mol. The predicted molar refractivity (Wildman–Crippen MR) is 67.0 cm³/mol. The molecule has 0 aliphatic carbocycles. The molecule has 0 aromatic heterocycles. The molecule has 0 heterocycles. The van der Waals surface area contributed by atoms with Crippen molar-refractivity contribution in [3.63, 3.8) is 0 Å². The Bertz CT molecular complexity index is 181. The van der Waals surface area contributed by atoms with Gasteiger partial charge in [0, 0.05) is 13.0 Å². The largest absolute Gasteiger partial charge is 0.353 e. The van der Waals surface area contributed by atoms with E-state index in [-0.39, 0.29) is 11.9 Å². The highest BCUT2D eigenvalue weighted by atomic mass is 32.2. The summed E-state index contributed by atoms with van der Waals surface area (Å²) < 4.78 is 12.0. The summed E-state index contributed by atoms with van der Waals surface area (Å²) in [7, 11) is 0. The summed E-state index contributed by atoms with van der Waals surface area (Å²) in [5.41, 5.74) is -0.241. The number of rotatable bonds is 6. The minimum atomic E-state index is -0.241. The molecule has 0 saturated heterocycles. The van der Waals surface area contributed by atoms with Crippen LogP contribution in [-0.2, 0) is 9.47 Å². The van der Waals surface area contributed by atoms with E-state index in [4.69, 9.17) is 21.7 Å². The second-order valence-corrected chi connectivity index (χ2v) is 5.31. The Balaban J connectivity index is 3.99. The van der Waals surface area contributed by atoms with Gasteiger partial charge < -0.3 is 9.47 Å². The van der Waals surface area contributed by atoms with Crippen molar-refractivity contribution in [3.8, 4) is 0 Å². The van der Waals surface area contributed by atoms with Crippen molar-refractivity contribution in [1.29, 1.82) is 0 Å². The third-order valence-electron chi connectivity index (χ3n) is 1.68. The van der Waals surface area contributed by atoms with Crippen molar-refractivity contribution in [3.05, 3.63) is 0 Å². The normalized spacial score (nSPS) is 14.1. The summed E-state index contributed by atoms with van der Waals surface area (Å²) in [5, 5.41) is 0. The van der Waals surface area contributed by atoms with Crippen molar-refractivity contribution in [1.82, 2.24) is 0 Å². The zero-order valence-electron chi connectivity index (χ0n) is 9.62. The Hall–Kier alpha value is 0.360. The molecule has 1 unspecified atom stereocenters. The Morgan fingerprint density at radius 2 is 2.07 bits per heavy atom. The molecule has 84 valence electrons. The lowest BCUT2D eigenvalue weighted by Crippen LogP contribution is -2.32. The number of thiocarbonyl (C=S) groups is 1. The van der Waals surface area contributed by atoms with Gasteiger partial charge in [0.15, 0.2) is 6.29 Å². The third kappa shape index (κ3) is 6.76. The molecular formula is C10H20O2S2. The average Bonchev–Trinajstić information content (AvgIpc) is 2.02. The van der Waals surface area contributed by atoms with Gasteiger partial charge in [-0.1, -0.05) is 12.2 Å². The van der Waals surface area contributed by atoms with Crippen molar-refractivity contribution < 1.29 is 9.47 Å². The average molecular weight is 236 g/mol. The fraction of sp³-hybridized carbons (Fsp3) is 0.900. The van der Waals surface area contributed by atoms with Crippen molar-refractivity contribution >= 4 is 28.2 Å². The molecule has 0 aliphatic rings. The van der Waals surface area contributed by atoms with E-state index in [1.165, 1.54) is 0 Å². The first-order valence-corrected chi connectivity index (χ1v) is 6.41. The SMILES string of the molecule is CCOC(C)OC(C)(C)CC(=S)SC. The first-order chi connectivity index (χ1) is 6.41. The van der Waals surface area contributed by atoms with Crippen molar-refractivity contribution in [2.45, 2.75) is 46.0 Å². The van der Waals surface area contributed by atoms with E-state index < -0.39 is 0 Å².